The molecular formula is C11H16NO4-. The minimum atomic E-state index is -0.586. The average molecular weight is 226 g/mol. The van der Waals surface area contributed by atoms with Crippen LogP contribution in [-0.2, 0) is 4.74 Å². The molecule has 0 fully saturated rings. The second-order valence-corrected chi connectivity index (χ2v) is 3.05. The van der Waals surface area contributed by atoms with Gasteiger partial charge in [0.15, 0.2) is 5.90 Å². The van der Waals surface area contributed by atoms with Crippen molar-refractivity contribution in [1.82, 2.24) is 0 Å². The predicted octanol–water partition coefficient (Wildman–Crippen LogP) is 1.39. The molecule has 0 amide bonds. The summed E-state index contributed by atoms with van der Waals surface area (Å²) in [6.45, 7) is 4.84. The van der Waals surface area contributed by atoms with E-state index >= 15 is 0 Å². The molecule has 0 saturated carbocycles. The van der Waals surface area contributed by atoms with Gasteiger partial charge in [0.25, 0.3) is 0 Å². The Morgan fingerprint density at radius 1 is 1.56 bits per heavy atom. The first-order chi connectivity index (χ1) is 7.56. The molecule has 0 rings (SSSR count). The molecule has 0 bridgehead atoms. The molecule has 5 nitrogen and oxygen atoms in total. The van der Waals surface area contributed by atoms with Crippen molar-refractivity contribution in [3.8, 4) is 0 Å². The maximum absolute atomic E-state index is 10.1. The zero-order valence-corrected chi connectivity index (χ0v) is 9.14. The maximum atomic E-state index is 10.1. The molecule has 3 N–H and O–H groups in total. The molecule has 0 radical (unpaired) electrons. The molecule has 0 aliphatic heterocycles. The van der Waals surface area contributed by atoms with Crippen LogP contribution in [0.3, 0.4) is 0 Å². The van der Waals surface area contributed by atoms with Gasteiger partial charge in [-0.15, -0.1) is 6.26 Å². The summed E-state index contributed by atoms with van der Waals surface area (Å²) in [7, 11) is 0. The van der Waals surface area contributed by atoms with E-state index in [1.165, 1.54) is 12.2 Å². The minimum absolute atomic E-state index is 0.0342. The molecular weight excluding hydrogens is 210 g/mol. The summed E-state index contributed by atoms with van der Waals surface area (Å²) in [6, 6.07) is 0. The number of aliphatic hydroxyl groups is 2. The van der Waals surface area contributed by atoms with Crippen molar-refractivity contribution < 1.29 is 20.1 Å². The average Bonchev–Trinajstić information content (AvgIpc) is 2.27. The maximum Gasteiger partial charge on any atom is 0.191 e. The lowest BCUT2D eigenvalue weighted by Crippen LogP contribution is -2.20. The quantitative estimate of drug-likeness (QED) is 0.276. The van der Waals surface area contributed by atoms with Crippen LogP contribution >= 0.6 is 0 Å². The van der Waals surface area contributed by atoms with Gasteiger partial charge in [0, 0.05) is 0 Å². The lowest BCUT2D eigenvalue weighted by molar-refractivity contribution is -0.279. The van der Waals surface area contributed by atoms with E-state index in [1.807, 2.05) is 0 Å². The van der Waals surface area contributed by atoms with Crippen LogP contribution < -0.4 is 5.11 Å². The summed E-state index contributed by atoms with van der Waals surface area (Å²) in [5.74, 6) is -1.32. The van der Waals surface area contributed by atoms with Crippen LogP contribution in [0, 0.1) is 11.3 Å². The third kappa shape index (κ3) is 4.54. The normalized spacial score (nSPS) is 14.3. The number of nitrogens with one attached hydrogen (secondary N) is 1. The van der Waals surface area contributed by atoms with Crippen LogP contribution in [0.5, 0.6) is 0 Å². The van der Waals surface area contributed by atoms with E-state index < -0.39 is 11.7 Å². The summed E-state index contributed by atoms with van der Waals surface area (Å²) in [4.78, 5) is 0. The van der Waals surface area contributed by atoms with E-state index in [-0.39, 0.29) is 24.5 Å². The molecule has 1 atom stereocenters. The van der Waals surface area contributed by atoms with Crippen molar-refractivity contribution in [1.29, 1.82) is 5.41 Å². The Bertz CT molecular complexity index is 307. The highest BCUT2D eigenvalue weighted by Crippen LogP contribution is 2.15. The van der Waals surface area contributed by atoms with Crippen LogP contribution in [0.15, 0.2) is 36.5 Å². The lowest BCUT2D eigenvalue weighted by Gasteiger charge is -2.16. The lowest BCUT2D eigenvalue weighted by atomic mass is 10.0. The van der Waals surface area contributed by atoms with Crippen LogP contribution in [0.4, 0.5) is 0 Å². The van der Waals surface area contributed by atoms with Crippen LogP contribution in [0.25, 0.3) is 0 Å². The van der Waals surface area contributed by atoms with Crippen LogP contribution in [0.1, 0.15) is 13.3 Å². The van der Waals surface area contributed by atoms with Crippen molar-refractivity contribution in [2.45, 2.75) is 13.3 Å². The first-order valence-corrected chi connectivity index (χ1v) is 4.79. The SMILES string of the molecule is C=C/C=C(/O)C(CC)C(=N)OC/C(O)=C/[O-]. The fourth-order valence-corrected chi connectivity index (χ4v) is 1.05. The summed E-state index contributed by atoms with van der Waals surface area (Å²) >= 11 is 0. The smallest absolute Gasteiger partial charge is 0.191 e. The summed E-state index contributed by atoms with van der Waals surface area (Å²) in [5, 5.41) is 36.0. The predicted molar refractivity (Wildman–Crippen MR) is 59.1 cm³/mol. The van der Waals surface area contributed by atoms with Gasteiger partial charge >= 0.3 is 0 Å². The van der Waals surface area contributed by atoms with E-state index in [0.717, 1.165) is 0 Å². The van der Waals surface area contributed by atoms with Crippen LogP contribution in [0.2, 0.25) is 0 Å². The molecule has 0 saturated heterocycles. The fourth-order valence-electron chi connectivity index (χ4n) is 1.05. The van der Waals surface area contributed by atoms with Crippen molar-refractivity contribution in [2.75, 3.05) is 6.61 Å². The van der Waals surface area contributed by atoms with Crippen molar-refractivity contribution in [2.24, 2.45) is 5.92 Å². The Balaban J connectivity index is 4.43. The molecule has 0 aromatic heterocycles. The highest BCUT2D eigenvalue weighted by atomic mass is 16.5. The van der Waals surface area contributed by atoms with Crippen molar-refractivity contribution >= 4 is 5.90 Å². The highest BCUT2D eigenvalue weighted by molar-refractivity contribution is 5.78. The number of rotatable bonds is 6. The fraction of sp³-hybridized carbons (Fsp3) is 0.364. The Hall–Kier alpha value is -1.91. The molecule has 16 heavy (non-hydrogen) atoms. The van der Waals surface area contributed by atoms with Crippen molar-refractivity contribution in [3.63, 3.8) is 0 Å². The van der Waals surface area contributed by atoms with Gasteiger partial charge in [-0.2, -0.15) is 0 Å². The summed E-state index contributed by atoms with van der Waals surface area (Å²) in [5.41, 5.74) is 0. The van der Waals surface area contributed by atoms with E-state index in [1.54, 1.807) is 6.92 Å². The Labute approximate surface area is 94.5 Å². The van der Waals surface area contributed by atoms with Gasteiger partial charge in [-0.1, -0.05) is 19.6 Å². The third-order valence-electron chi connectivity index (χ3n) is 1.88. The second kappa shape index (κ2) is 7.39. The zero-order chi connectivity index (χ0) is 12.6. The zero-order valence-electron chi connectivity index (χ0n) is 9.14. The number of ether oxygens (including phenoxy) is 1. The van der Waals surface area contributed by atoms with E-state index in [2.05, 4.69) is 6.58 Å². The van der Waals surface area contributed by atoms with E-state index in [0.29, 0.717) is 6.42 Å². The minimum Gasteiger partial charge on any atom is -0.876 e. The number of hydrogen-bond acceptors (Lipinski definition) is 5. The monoisotopic (exact) mass is 226 g/mol. The molecule has 0 heterocycles. The molecule has 0 spiro atoms. The van der Waals surface area contributed by atoms with Gasteiger partial charge in [0.2, 0.25) is 0 Å². The van der Waals surface area contributed by atoms with E-state index in [4.69, 9.17) is 15.3 Å². The van der Waals surface area contributed by atoms with Gasteiger partial charge < -0.3 is 20.1 Å². The highest BCUT2D eigenvalue weighted by Gasteiger charge is 2.18. The van der Waals surface area contributed by atoms with Gasteiger partial charge in [0.1, 0.15) is 18.1 Å². The molecule has 1 unspecified atom stereocenters. The van der Waals surface area contributed by atoms with Crippen LogP contribution in [-0.4, -0.2) is 22.7 Å². The van der Waals surface area contributed by atoms with E-state index in [9.17, 15) is 10.2 Å². The Morgan fingerprint density at radius 2 is 2.19 bits per heavy atom. The topological polar surface area (TPSA) is 96.6 Å². The third-order valence-corrected chi connectivity index (χ3v) is 1.88. The van der Waals surface area contributed by atoms with Gasteiger partial charge in [-0.25, -0.2) is 0 Å². The molecule has 0 aromatic carbocycles. The summed E-state index contributed by atoms with van der Waals surface area (Å²) in [6.07, 6.45) is 3.49. The second-order valence-electron chi connectivity index (χ2n) is 3.05. The molecule has 5 heteroatoms. The van der Waals surface area contributed by atoms with Gasteiger partial charge in [-0.05, 0) is 12.5 Å². The first kappa shape index (κ1) is 14.1. The summed E-state index contributed by atoms with van der Waals surface area (Å²) < 4.78 is 4.85. The molecule has 90 valence electrons. The first-order valence-electron chi connectivity index (χ1n) is 4.79. The molecule has 0 aromatic rings. The largest absolute Gasteiger partial charge is 0.876 e. The van der Waals surface area contributed by atoms with Crippen molar-refractivity contribution in [3.05, 3.63) is 36.5 Å². The Morgan fingerprint density at radius 3 is 2.62 bits per heavy atom. The number of allylic oxidation sites excluding steroid dienone is 2. The number of hydrogen-bond donors (Lipinski definition) is 3. The number of aliphatic hydroxyl groups excluding tert-OH is 2. The standard InChI is InChI=1S/C11H17NO4/c1-3-5-10(15)9(4-2)11(12)16-7-8(14)6-13/h3,5-6,9,12-15H,1,4,7H2,2H3/p-1/b8-6-,10-5+,12-11?. The van der Waals surface area contributed by atoms with Gasteiger partial charge in [0.05, 0.1) is 5.92 Å². The van der Waals surface area contributed by atoms with Gasteiger partial charge in [-0.3, -0.25) is 5.41 Å². The Kier molecular flexibility index (Phi) is 6.51. The molecule has 0 aliphatic carbocycles. The molecule has 0 aliphatic rings.